The second kappa shape index (κ2) is 5.53. The molecule has 16 heavy (non-hydrogen) atoms. The van der Waals surface area contributed by atoms with Gasteiger partial charge in [0.2, 0.25) is 0 Å². The van der Waals surface area contributed by atoms with Crippen molar-refractivity contribution < 1.29 is 4.74 Å². The minimum absolute atomic E-state index is 0.615. The molecule has 1 saturated heterocycles. The average molecular weight is 259 g/mol. The number of ether oxygens (including phenoxy) is 1. The van der Waals surface area contributed by atoms with Crippen LogP contribution in [0.15, 0.2) is 23.3 Å². The van der Waals surface area contributed by atoms with Crippen molar-refractivity contribution in [2.45, 2.75) is 0 Å². The van der Waals surface area contributed by atoms with Crippen LogP contribution in [-0.2, 0) is 4.74 Å². The highest BCUT2D eigenvalue weighted by atomic mass is 35.5. The van der Waals surface area contributed by atoms with Crippen molar-refractivity contribution in [2.75, 3.05) is 26.3 Å². The average Bonchev–Trinajstić information content (AvgIpc) is 2.30. The Morgan fingerprint density at radius 1 is 1.19 bits per heavy atom. The Bertz CT molecular complexity index is 369. The molecule has 86 valence electrons. The van der Waals surface area contributed by atoms with E-state index in [1.54, 1.807) is 18.3 Å². The Labute approximate surface area is 105 Å². The smallest absolute Gasteiger partial charge is 0.0659 e. The zero-order valence-electron chi connectivity index (χ0n) is 8.70. The lowest BCUT2D eigenvalue weighted by molar-refractivity contribution is 0.0397. The molecule has 1 aliphatic rings. The zero-order chi connectivity index (χ0) is 11.4. The van der Waals surface area contributed by atoms with Crippen molar-refractivity contribution in [2.24, 2.45) is 5.10 Å². The number of hydrogen-bond donors (Lipinski definition) is 0. The summed E-state index contributed by atoms with van der Waals surface area (Å²) >= 11 is 12.1. The van der Waals surface area contributed by atoms with Crippen LogP contribution in [0.25, 0.3) is 0 Å². The van der Waals surface area contributed by atoms with E-state index in [0.29, 0.717) is 23.3 Å². The molecule has 0 amide bonds. The van der Waals surface area contributed by atoms with Gasteiger partial charge in [-0.1, -0.05) is 29.3 Å². The maximum absolute atomic E-state index is 6.03. The van der Waals surface area contributed by atoms with Crippen LogP contribution in [0.4, 0.5) is 0 Å². The van der Waals surface area contributed by atoms with Crippen molar-refractivity contribution in [1.82, 2.24) is 5.01 Å². The fourth-order valence-electron chi connectivity index (χ4n) is 1.44. The molecule has 0 spiro atoms. The quantitative estimate of drug-likeness (QED) is 0.763. The molecule has 0 aromatic heterocycles. The Morgan fingerprint density at radius 3 is 2.44 bits per heavy atom. The van der Waals surface area contributed by atoms with E-state index in [9.17, 15) is 0 Å². The molecular formula is C11H12Cl2N2O. The molecule has 0 radical (unpaired) electrons. The monoisotopic (exact) mass is 258 g/mol. The van der Waals surface area contributed by atoms with Crippen LogP contribution in [0.5, 0.6) is 0 Å². The second-order valence-corrected chi connectivity index (χ2v) is 4.26. The fourth-order valence-corrected chi connectivity index (χ4v) is 1.94. The highest BCUT2D eigenvalue weighted by Crippen LogP contribution is 2.22. The zero-order valence-corrected chi connectivity index (χ0v) is 10.2. The molecule has 0 bridgehead atoms. The van der Waals surface area contributed by atoms with Crippen LogP contribution < -0.4 is 0 Å². The summed E-state index contributed by atoms with van der Waals surface area (Å²) in [6.45, 7) is 3.04. The van der Waals surface area contributed by atoms with E-state index in [-0.39, 0.29) is 0 Å². The molecule has 1 aromatic carbocycles. The molecule has 0 unspecified atom stereocenters. The van der Waals surface area contributed by atoms with E-state index in [1.807, 2.05) is 11.1 Å². The van der Waals surface area contributed by atoms with Crippen LogP contribution >= 0.6 is 23.2 Å². The topological polar surface area (TPSA) is 24.8 Å². The second-order valence-electron chi connectivity index (χ2n) is 3.45. The van der Waals surface area contributed by atoms with Gasteiger partial charge in [-0.15, -0.1) is 0 Å². The van der Waals surface area contributed by atoms with E-state index in [2.05, 4.69) is 5.10 Å². The molecule has 1 aliphatic heterocycles. The number of halogens is 2. The van der Waals surface area contributed by atoms with E-state index in [1.165, 1.54) is 0 Å². The fraction of sp³-hybridized carbons (Fsp3) is 0.364. The lowest BCUT2D eigenvalue weighted by atomic mass is 10.2. The van der Waals surface area contributed by atoms with Crippen LogP contribution in [0.2, 0.25) is 10.0 Å². The number of nitrogens with zero attached hydrogens (tertiary/aromatic N) is 2. The summed E-state index contributed by atoms with van der Waals surface area (Å²) in [4.78, 5) is 0. The lowest BCUT2D eigenvalue weighted by Crippen LogP contribution is -2.32. The molecule has 1 aromatic rings. The van der Waals surface area contributed by atoms with Gasteiger partial charge in [-0.2, -0.15) is 5.10 Å². The summed E-state index contributed by atoms with van der Waals surface area (Å²) in [6.07, 6.45) is 1.70. The van der Waals surface area contributed by atoms with Gasteiger partial charge in [0.25, 0.3) is 0 Å². The normalized spacial score (nSPS) is 17.0. The number of rotatable bonds is 2. The van der Waals surface area contributed by atoms with Gasteiger partial charge in [-0.3, -0.25) is 5.01 Å². The third-order valence-corrected chi connectivity index (χ3v) is 3.00. The number of hydrogen-bond acceptors (Lipinski definition) is 3. The van der Waals surface area contributed by atoms with Crippen molar-refractivity contribution >= 4 is 29.4 Å². The predicted octanol–water partition coefficient (Wildman–Crippen LogP) is 2.66. The molecule has 3 nitrogen and oxygen atoms in total. The largest absolute Gasteiger partial charge is 0.378 e. The van der Waals surface area contributed by atoms with Crippen LogP contribution in [0.1, 0.15) is 5.56 Å². The Morgan fingerprint density at radius 2 is 1.81 bits per heavy atom. The predicted molar refractivity (Wildman–Crippen MR) is 66.4 cm³/mol. The first-order valence-corrected chi connectivity index (χ1v) is 5.83. The Hall–Kier alpha value is -0.770. The third kappa shape index (κ3) is 2.88. The molecule has 0 aliphatic carbocycles. The summed E-state index contributed by atoms with van der Waals surface area (Å²) in [6, 6.07) is 5.42. The van der Waals surface area contributed by atoms with Crippen LogP contribution in [-0.4, -0.2) is 37.5 Å². The van der Waals surface area contributed by atoms with Gasteiger partial charge in [0, 0.05) is 5.56 Å². The summed E-state index contributed by atoms with van der Waals surface area (Å²) < 4.78 is 5.23. The molecule has 2 rings (SSSR count). The third-order valence-electron chi connectivity index (χ3n) is 2.34. The van der Waals surface area contributed by atoms with E-state index in [0.717, 1.165) is 18.7 Å². The van der Waals surface area contributed by atoms with E-state index in [4.69, 9.17) is 27.9 Å². The van der Waals surface area contributed by atoms with Crippen LogP contribution in [0.3, 0.4) is 0 Å². The van der Waals surface area contributed by atoms with Gasteiger partial charge >= 0.3 is 0 Å². The van der Waals surface area contributed by atoms with Gasteiger partial charge in [0.1, 0.15) is 0 Å². The van der Waals surface area contributed by atoms with Crippen molar-refractivity contribution in [3.63, 3.8) is 0 Å². The first-order chi connectivity index (χ1) is 7.77. The number of morpholine rings is 1. The number of hydrazone groups is 1. The summed E-state index contributed by atoms with van der Waals surface area (Å²) in [5, 5.41) is 7.51. The lowest BCUT2D eigenvalue weighted by Gasteiger charge is -2.23. The maximum Gasteiger partial charge on any atom is 0.0659 e. The molecule has 1 fully saturated rings. The minimum Gasteiger partial charge on any atom is -0.378 e. The molecule has 0 saturated carbocycles. The van der Waals surface area contributed by atoms with Crippen LogP contribution in [0, 0.1) is 0 Å². The Kier molecular flexibility index (Phi) is 4.04. The SMILES string of the molecule is Clc1cccc(Cl)c1C=NN1CCOCC1. The maximum atomic E-state index is 6.03. The summed E-state index contributed by atoms with van der Waals surface area (Å²) in [5.74, 6) is 0. The van der Waals surface area contributed by atoms with Crippen molar-refractivity contribution in [1.29, 1.82) is 0 Å². The van der Waals surface area contributed by atoms with Gasteiger partial charge in [-0.25, -0.2) is 0 Å². The number of benzene rings is 1. The standard InChI is InChI=1S/C11H12Cl2N2O/c12-10-2-1-3-11(13)9(10)8-14-15-4-6-16-7-5-15/h1-3,8H,4-7H2. The molecule has 5 heteroatoms. The van der Waals surface area contributed by atoms with E-state index < -0.39 is 0 Å². The molecular weight excluding hydrogens is 247 g/mol. The first kappa shape index (κ1) is 11.7. The van der Waals surface area contributed by atoms with Gasteiger partial charge in [0.15, 0.2) is 0 Å². The van der Waals surface area contributed by atoms with Gasteiger partial charge in [0.05, 0.1) is 42.6 Å². The Balaban J connectivity index is 2.10. The molecule has 1 heterocycles. The highest BCUT2D eigenvalue weighted by Gasteiger charge is 2.07. The first-order valence-electron chi connectivity index (χ1n) is 5.08. The summed E-state index contributed by atoms with van der Waals surface area (Å²) in [7, 11) is 0. The highest BCUT2D eigenvalue weighted by molar-refractivity contribution is 6.38. The van der Waals surface area contributed by atoms with Crippen molar-refractivity contribution in [3.05, 3.63) is 33.8 Å². The van der Waals surface area contributed by atoms with Gasteiger partial charge in [-0.05, 0) is 12.1 Å². The van der Waals surface area contributed by atoms with E-state index >= 15 is 0 Å². The van der Waals surface area contributed by atoms with Crippen molar-refractivity contribution in [3.8, 4) is 0 Å². The summed E-state index contributed by atoms with van der Waals surface area (Å²) in [5.41, 5.74) is 0.761. The molecule has 0 atom stereocenters. The minimum atomic E-state index is 0.615. The van der Waals surface area contributed by atoms with Gasteiger partial charge < -0.3 is 4.74 Å². The molecule has 0 N–H and O–H groups in total.